The molecule has 0 fully saturated rings. The number of phenols is 1. The first-order chi connectivity index (χ1) is 12.0. The Balaban J connectivity index is 1.84. The highest BCUT2D eigenvalue weighted by Gasteiger charge is 2.08. The van der Waals surface area contributed by atoms with Crippen LogP contribution >= 0.6 is 15.9 Å². The van der Waals surface area contributed by atoms with Crippen LogP contribution in [0.5, 0.6) is 5.75 Å². The van der Waals surface area contributed by atoms with E-state index in [2.05, 4.69) is 47.1 Å². The molecule has 3 rings (SSSR count). The van der Waals surface area contributed by atoms with Gasteiger partial charge < -0.3 is 5.11 Å². The Morgan fingerprint density at radius 3 is 2.40 bits per heavy atom. The lowest BCUT2D eigenvalue weighted by Gasteiger charge is -2.04. The normalized spacial score (nSPS) is 11.0. The molecule has 1 N–H and O–H groups in total. The molecule has 0 atom stereocenters. The van der Waals surface area contributed by atoms with Crippen molar-refractivity contribution < 1.29 is 9.90 Å². The minimum atomic E-state index is -0.231. The topological polar surface area (TPSA) is 37.3 Å². The fourth-order valence-corrected chi connectivity index (χ4v) is 2.97. The number of ketones is 1. The van der Waals surface area contributed by atoms with Crippen LogP contribution in [0.3, 0.4) is 0 Å². The molecule has 0 heterocycles. The maximum Gasteiger partial charge on any atom is 0.189 e. The second kappa shape index (κ2) is 7.49. The number of aromatic hydroxyl groups is 1. The van der Waals surface area contributed by atoms with Gasteiger partial charge in [0.1, 0.15) is 5.75 Å². The van der Waals surface area contributed by atoms with Crippen molar-refractivity contribution in [2.45, 2.75) is 6.92 Å². The van der Waals surface area contributed by atoms with Crippen molar-refractivity contribution in [1.29, 1.82) is 0 Å². The van der Waals surface area contributed by atoms with Crippen LogP contribution < -0.4 is 0 Å². The molecule has 0 bridgehead atoms. The van der Waals surface area contributed by atoms with Crippen molar-refractivity contribution in [3.05, 3.63) is 94.0 Å². The Morgan fingerprint density at radius 1 is 0.960 bits per heavy atom. The Labute approximate surface area is 155 Å². The standard InChI is InChI=1S/C22H17BrO2/c1-15-4-2-6-17(12-15)18-7-3-5-16(13-18)8-11-21(24)20-10-9-19(23)14-22(20)25/h2-14,25H,1H3/b11-8+. The monoisotopic (exact) mass is 392 g/mol. The summed E-state index contributed by atoms with van der Waals surface area (Å²) in [5, 5.41) is 9.89. The number of aryl methyl sites for hydroxylation is 1. The lowest BCUT2D eigenvalue weighted by molar-refractivity contribution is 0.104. The predicted octanol–water partition coefficient (Wildman–Crippen LogP) is 6.03. The van der Waals surface area contributed by atoms with Gasteiger partial charge in [-0.1, -0.05) is 70.0 Å². The SMILES string of the molecule is Cc1cccc(-c2cccc(/C=C/C(=O)c3ccc(Br)cc3O)c2)c1. The molecule has 0 saturated carbocycles. The molecule has 0 aromatic heterocycles. The van der Waals surface area contributed by atoms with E-state index >= 15 is 0 Å². The van der Waals surface area contributed by atoms with Crippen LogP contribution in [0.1, 0.15) is 21.5 Å². The molecule has 0 spiro atoms. The molecule has 3 aromatic rings. The lowest BCUT2D eigenvalue weighted by Crippen LogP contribution is -1.94. The second-order valence-corrected chi connectivity index (χ2v) is 6.77. The summed E-state index contributed by atoms with van der Waals surface area (Å²) < 4.78 is 0.733. The molecule has 124 valence electrons. The number of carbonyl (C=O) groups is 1. The van der Waals surface area contributed by atoms with Crippen LogP contribution in [-0.4, -0.2) is 10.9 Å². The number of carbonyl (C=O) groups excluding carboxylic acids is 1. The summed E-state index contributed by atoms with van der Waals surface area (Å²) in [6, 6.07) is 21.2. The zero-order chi connectivity index (χ0) is 17.8. The van der Waals surface area contributed by atoms with Crippen LogP contribution in [0.4, 0.5) is 0 Å². The Kier molecular flexibility index (Phi) is 5.15. The van der Waals surface area contributed by atoms with E-state index in [-0.39, 0.29) is 17.1 Å². The van der Waals surface area contributed by atoms with E-state index in [1.165, 1.54) is 17.7 Å². The predicted molar refractivity (Wildman–Crippen MR) is 106 cm³/mol. The van der Waals surface area contributed by atoms with Gasteiger partial charge in [0, 0.05) is 4.47 Å². The highest BCUT2D eigenvalue weighted by Crippen LogP contribution is 2.24. The fourth-order valence-electron chi connectivity index (χ4n) is 2.62. The summed E-state index contributed by atoms with van der Waals surface area (Å²) in [7, 11) is 0. The third-order valence-corrected chi connectivity index (χ3v) is 4.38. The number of benzene rings is 3. The molecule has 3 aromatic carbocycles. The van der Waals surface area contributed by atoms with E-state index in [0.29, 0.717) is 0 Å². The Hall–Kier alpha value is -2.65. The highest BCUT2D eigenvalue weighted by molar-refractivity contribution is 9.10. The molecule has 25 heavy (non-hydrogen) atoms. The third kappa shape index (κ3) is 4.25. The van der Waals surface area contributed by atoms with Gasteiger partial charge in [-0.2, -0.15) is 0 Å². The van der Waals surface area contributed by atoms with Crippen molar-refractivity contribution in [3.63, 3.8) is 0 Å². The summed E-state index contributed by atoms with van der Waals surface area (Å²) in [4.78, 5) is 12.3. The van der Waals surface area contributed by atoms with E-state index in [1.54, 1.807) is 18.2 Å². The molecule has 0 saturated heterocycles. The first-order valence-corrected chi connectivity index (χ1v) is 8.70. The molecular weight excluding hydrogens is 376 g/mol. The quantitative estimate of drug-likeness (QED) is 0.434. The largest absolute Gasteiger partial charge is 0.507 e. The average molecular weight is 393 g/mol. The van der Waals surface area contributed by atoms with Gasteiger partial charge in [0.05, 0.1) is 5.56 Å². The van der Waals surface area contributed by atoms with Crippen molar-refractivity contribution in [2.24, 2.45) is 0 Å². The summed E-state index contributed by atoms with van der Waals surface area (Å²) in [6.45, 7) is 2.07. The number of hydrogen-bond donors (Lipinski definition) is 1. The molecule has 0 aliphatic rings. The number of halogens is 1. The number of hydrogen-bond acceptors (Lipinski definition) is 2. The number of allylic oxidation sites excluding steroid dienone is 1. The number of phenolic OH excluding ortho intramolecular Hbond substituents is 1. The zero-order valence-electron chi connectivity index (χ0n) is 13.7. The number of rotatable bonds is 4. The van der Waals surface area contributed by atoms with Gasteiger partial charge in [-0.05, 0) is 54.0 Å². The van der Waals surface area contributed by atoms with Crippen LogP contribution in [0.15, 0.2) is 77.3 Å². The zero-order valence-corrected chi connectivity index (χ0v) is 15.3. The van der Waals surface area contributed by atoms with Crippen LogP contribution in [0.2, 0.25) is 0 Å². The van der Waals surface area contributed by atoms with Gasteiger partial charge in [-0.15, -0.1) is 0 Å². The molecule has 0 aliphatic heterocycles. The van der Waals surface area contributed by atoms with Crippen molar-refractivity contribution in [2.75, 3.05) is 0 Å². The third-order valence-electron chi connectivity index (χ3n) is 3.89. The van der Waals surface area contributed by atoms with Crippen molar-refractivity contribution >= 4 is 27.8 Å². The van der Waals surface area contributed by atoms with E-state index in [0.717, 1.165) is 21.2 Å². The lowest BCUT2D eigenvalue weighted by atomic mass is 10.0. The molecule has 0 radical (unpaired) electrons. The Morgan fingerprint density at radius 2 is 1.68 bits per heavy atom. The Bertz CT molecular complexity index is 958. The van der Waals surface area contributed by atoms with Crippen LogP contribution in [0.25, 0.3) is 17.2 Å². The van der Waals surface area contributed by atoms with Crippen LogP contribution in [0, 0.1) is 6.92 Å². The fraction of sp³-hybridized carbons (Fsp3) is 0.0455. The van der Waals surface area contributed by atoms with E-state index < -0.39 is 0 Å². The molecule has 0 aliphatic carbocycles. The smallest absolute Gasteiger partial charge is 0.189 e. The van der Waals surface area contributed by atoms with Crippen molar-refractivity contribution in [3.8, 4) is 16.9 Å². The van der Waals surface area contributed by atoms with Gasteiger partial charge in [0.2, 0.25) is 0 Å². The molecule has 3 heteroatoms. The summed E-state index contributed by atoms with van der Waals surface area (Å²) >= 11 is 3.27. The van der Waals surface area contributed by atoms with E-state index in [1.807, 2.05) is 24.3 Å². The average Bonchev–Trinajstić information content (AvgIpc) is 2.60. The first kappa shape index (κ1) is 17.2. The summed E-state index contributed by atoms with van der Waals surface area (Å²) in [6.07, 6.45) is 3.25. The van der Waals surface area contributed by atoms with Gasteiger partial charge >= 0.3 is 0 Å². The van der Waals surface area contributed by atoms with Gasteiger partial charge in [-0.3, -0.25) is 4.79 Å². The first-order valence-electron chi connectivity index (χ1n) is 7.91. The molecular formula is C22H17BrO2. The maximum absolute atomic E-state index is 12.3. The van der Waals surface area contributed by atoms with E-state index in [4.69, 9.17) is 0 Å². The van der Waals surface area contributed by atoms with Gasteiger partial charge in [0.25, 0.3) is 0 Å². The van der Waals surface area contributed by atoms with Gasteiger partial charge in [0.15, 0.2) is 5.78 Å². The van der Waals surface area contributed by atoms with E-state index in [9.17, 15) is 9.90 Å². The van der Waals surface area contributed by atoms with Crippen molar-refractivity contribution in [1.82, 2.24) is 0 Å². The minimum Gasteiger partial charge on any atom is -0.507 e. The molecule has 0 unspecified atom stereocenters. The summed E-state index contributed by atoms with van der Waals surface area (Å²) in [5.41, 5.74) is 4.68. The second-order valence-electron chi connectivity index (χ2n) is 5.85. The minimum absolute atomic E-state index is 0.0301. The van der Waals surface area contributed by atoms with Gasteiger partial charge in [-0.25, -0.2) is 0 Å². The van der Waals surface area contributed by atoms with Crippen LogP contribution in [-0.2, 0) is 0 Å². The summed E-state index contributed by atoms with van der Waals surface area (Å²) in [5.74, 6) is -0.261. The molecule has 0 amide bonds. The maximum atomic E-state index is 12.3. The molecule has 2 nitrogen and oxygen atoms in total. The highest BCUT2D eigenvalue weighted by atomic mass is 79.9.